The maximum Gasteiger partial charge on any atom is 0.305 e. The smallest absolute Gasteiger partial charge is 0.305 e. The van der Waals surface area contributed by atoms with Crippen molar-refractivity contribution < 1.29 is 9.53 Å². The molecule has 0 fully saturated rings. The number of esters is 1. The quantitative estimate of drug-likeness (QED) is 0.227. The summed E-state index contributed by atoms with van der Waals surface area (Å²) in [6, 6.07) is 0. The summed E-state index contributed by atoms with van der Waals surface area (Å²) in [5.74, 6) is 1.74. The summed E-state index contributed by atoms with van der Waals surface area (Å²) >= 11 is 0. The molecule has 0 heterocycles. The van der Waals surface area contributed by atoms with Gasteiger partial charge in [0.15, 0.2) is 0 Å². The summed E-state index contributed by atoms with van der Waals surface area (Å²) in [5.41, 5.74) is 0. The van der Waals surface area contributed by atoms with E-state index in [9.17, 15) is 4.79 Å². The third-order valence-electron chi connectivity index (χ3n) is 4.54. The molecule has 2 nitrogen and oxygen atoms in total. The monoisotopic (exact) mass is 326 g/mol. The second-order valence-electron chi connectivity index (χ2n) is 7.66. The fourth-order valence-corrected chi connectivity index (χ4v) is 2.96. The highest BCUT2D eigenvalue weighted by Gasteiger charge is 2.03. The summed E-state index contributed by atoms with van der Waals surface area (Å²) in [6.07, 6.45) is 16.1. The van der Waals surface area contributed by atoms with Gasteiger partial charge in [-0.15, -0.1) is 0 Å². The summed E-state index contributed by atoms with van der Waals surface area (Å²) < 4.78 is 5.16. The van der Waals surface area contributed by atoms with Crippen molar-refractivity contribution >= 4 is 5.97 Å². The van der Waals surface area contributed by atoms with Crippen LogP contribution in [0.4, 0.5) is 0 Å². The molecule has 0 radical (unpaired) electrons. The standard InChI is InChI=1S/C21H42O2/c1-5-14-21(22)23-18-12-10-8-6-7-9-11-16-20(4)17-13-15-19(2)3/h19-20H,5-18H2,1-4H3/t20-/m0/s1. The maximum absolute atomic E-state index is 11.2. The Balaban J connectivity index is 3.19. The van der Waals surface area contributed by atoms with E-state index in [1.165, 1.54) is 64.2 Å². The summed E-state index contributed by atoms with van der Waals surface area (Å²) in [4.78, 5) is 11.2. The average molecular weight is 327 g/mol. The molecule has 0 N–H and O–H groups in total. The molecular formula is C21H42O2. The molecule has 0 saturated heterocycles. The Hall–Kier alpha value is -0.530. The number of carbonyl (C=O) groups excluding carboxylic acids is 1. The van der Waals surface area contributed by atoms with Crippen LogP contribution in [0, 0.1) is 11.8 Å². The van der Waals surface area contributed by atoms with Gasteiger partial charge in [0.2, 0.25) is 0 Å². The van der Waals surface area contributed by atoms with E-state index in [1.807, 2.05) is 6.92 Å². The van der Waals surface area contributed by atoms with Crippen molar-refractivity contribution in [1.29, 1.82) is 0 Å². The Morgan fingerprint density at radius 2 is 1.35 bits per heavy atom. The second-order valence-corrected chi connectivity index (χ2v) is 7.66. The van der Waals surface area contributed by atoms with Gasteiger partial charge in [0, 0.05) is 6.42 Å². The number of hydrogen-bond donors (Lipinski definition) is 0. The van der Waals surface area contributed by atoms with Crippen LogP contribution in [-0.2, 0) is 9.53 Å². The fourth-order valence-electron chi connectivity index (χ4n) is 2.96. The van der Waals surface area contributed by atoms with Crippen LogP contribution in [0.1, 0.15) is 111 Å². The molecule has 0 aliphatic rings. The molecule has 0 amide bonds. The van der Waals surface area contributed by atoms with Gasteiger partial charge in [0.25, 0.3) is 0 Å². The molecule has 0 aromatic heterocycles. The van der Waals surface area contributed by atoms with Crippen molar-refractivity contribution in [2.24, 2.45) is 11.8 Å². The van der Waals surface area contributed by atoms with Gasteiger partial charge in [-0.05, 0) is 24.7 Å². The van der Waals surface area contributed by atoms with Gasteiger partial charge in [-0.1, -0.05) is 91.9 Å². The SMILES string of the molecule is CCCC(=O)OCCCCCCCCC[C@H](C)CCCC(C)C. The zero-order valence-electron chi connectivity index (χ0n) is 16.4. The minimum atomic E-state index is -0.0324. The number of carbonyl (C=O) groups is 1. The molecule has 0 bridgehead atoms. The topological polar surface area (TPSA) is 26.3 Å². The first-order valence-corrected chi connectivity index (χ1v) is 10.2. The van der Waals surface area contributed by atoms with E-state index in [0.29, 0.717) is 13.0 Å². The largest absolute Gasteiger partial charge is 0.466 e. The average Bonchev–Trinajstić information content (AvgIpc) is 2.49. The highest BCUT2D eigenvalue weighted by molar-refractivity contribution is 5.69. The lowest BCUT2D eigenvalue weighted by Gasteiger charge is -2.12. The molecule has 0 rings (SSSR count). The molecule has 0 aliphatic carbocycles. The highest BCUT2D eigenvalue weighted by atomic mass is 16.5. The molecule has 23 heavy (non-hydrogen) atoms. The number of rotatable bonds is 16. The van der Waals surface area contributed by atoms with E-state index in [2.05, 4.69) is 20.8 Å². The zero-order chi connectivity index (χ0) is 17.3. The van der Waals surface area contributed by atoms with Gasteiger partial charge < -0.3 is 4.74 Å². The molecule has 0 aliphatic heterocycles. The van der Waals surface area contributed by atoms with Crippen LogP contribution in [0.3, 0.4) is 0 Å². The van der Waals surface area contributed by atoms with Crippen molar-refractivity contribution in [1.82, 2.24) is 0 Å². The van der Waals surface area contributed by atoms with Crippen molar-refractivity contribution in [2.45, 2.75) is 111 Å². The molecule has 0 aromatic carbocycles. The maximum atomic E-state index is 11.2. The van der Waals surface area contributed by atoms with Crippen LogP contribution in [0.15, 0.2) is 0 Å². The molecule has 0 spiro atoms. The molecule has 2 heteroatoms. The van der Waals surface area contributed by atoms with E-state index in [4.69, 9.17) is 4.74 Å². The van der Waals surface area contributed by atoms with Gasteiger partial charge in [0.1, 0.15) is 0 Å². The normalized spacial score (nSPS) is 12.6. The summed E-state index contributed by atoms with van der Waals surface area (Å²) in [6.45, 7) is 9.68. The number of unbranched alkanes of at least 4 members (excludes halogenated alkanes) is 6. The molecule has 0 aromatic rings. The van der Waals surface area contributed by atoms with Gasteiger partial charge in [-0.2, -0.15) is 0 Å². The van der Waals surface area contributed by atoms with E-state index >= 15 is 0 Å². The van der Waals surface area contributed by atoms with Crippen molar-refractivity contribution in [3.8, 4) is 0 Å². The molecule has 138 valence electrons. The van der Waals surface area contributed by atoms with E-state index in [0.717, 1.165) is 24.7 Å². The van der Waals surface area contributed by atoms with Crippen LogP contribution in [0.2, 0.25) is 0 Å². The minimum Gasteiger partial charge on any atom is -0.466 e. The minimum absolute atomic E-state index is 0.0324. The van der Waals surface area contributed by atoms with Gasteiger partial charge in [0.05, 0.1) is 6.61 Å². The Morgan fingerprint density at radius 3 is 1.96 bits per heavy atom. The Labute approximate surface area is 145 Å². The number of hydrogen-bond acceptors (Lipinski definition) is 2. The third-order valence-corrected chi connectivity index (χ3v) is 4.54. The Bertz CT molecular complexity index is 261. The molecule has 1 atom stereocenters. The molecule has 0 unspecified atom stereocenters. The van der Waals surface area contributed by atoms with Crippen molar-refractivity contribution in [3.63, 3.8) is 0 Å². The first kappa shape index (κ1) is 22.5. The lowest BCUT2D eigenvalue weighted by atomic mass is 9.95. The molecule has 0 saturated carbocycles. The van der Waals surface area contributed by atoms with E-state index in [-0.39, 0.29) is 5.97 Å². The van der Waals surface area contributed by atoms with Crippen LogP contribution >= 0.6 is 0 Å². The van der Waals surface area contributed by atoms with Gasteiger partial charge >= 0.3 is 5.97 Å². The third kappa shape index (κ3) is 17.7. The van der Waals surface area contributed by atoms with Crippen molar-refractivity contribution in [3.05, 3.63) is 0 Å². The first-order valence-electron chi connectivity index (χ1n) is 10.2. The highest BCUT2D eigenvalue weighted by Crippen LogP contribution is 2.18. The number of ether oxygens (including phenoxy) is 1. The fraction of sp³-hybridized carbons (Fsp3) is 0.952. The van der Waals surface area contributed by atoms with Crippen LogP contribution in [-0.4, -0.2) is 12.6 Å². The zero-order valence-corrected chi connectivity index (χ0v) is 16.4. The van der Waals surface area contributed by atoms with E-state index < -0.39 is 0 Å². The predicted octanol–water partition coefficient (Wildman–Crippen LogP) is 6.91. The van der Waals surface area contributed by atoms with Crippen LogP contribution < -0.4 is 0 Å². The van der Waals surface area contributed by atoms with Crippen LogP contribution in [0.25, 0.3) is 0 Å². The molecular weight excluding hydrogens is 284 g/mol. The first-order chi connectivity index (χ1) is 11.1. The second kappa shape index (κ2) is 16.3. The predicted molar refractivity (Wildman–Crippen MR) is 101 cm³/mol. The van der Waals surface area contributed by atoms with Gasteiger partial charge in [-0.25, -0.2) is 0 Å². The lowest BCUT2D eigenvalue weighted by Crippen LogP contribution is -2.04. The lowest BCUT2D eigenvalue weighted by molar-refractivity contribution is -0.143. The Kier molecular flexibility index (Phi) is 16.0. The van der Waals surface area contributed by atoms with E-state index in [1.54, 1.807) is 0 Å². The van der Waals surface area contributed by atoms with Crippen LogP contribution in [0.5, 0.6) is 0 Å². The summed E-state index contributed by atoms with van der Waals surface area (Å²) in [7, 11) is 0. The summed E-state index contributed by atoms with van der Waals surface area (Å²) in [5, 5.41) is 0. The Morgan fingerprint density at radius 1 is 0.783 bits per heavy atom. The van der Waals surface area contributed by atoms with Crippen molar-refractivity contribution in [2.75, 3.05) is 6.61 Å². The van der Waals surface area contributed by atoms with Gasteiger partial charge in [-0.3, -0.25) is 4.79 Å².